The van der Waals surface area contributed by atoms with Gasteiger partial charge >= 0.3 is 0 Å². The number of nitrogens with zero attached hydrogens (tertiary/aromatic N) is 4. The molecule has 0 unspecified atom stereocenters. The standard InChI is InChI=1S/C44H44N6.ClH/c1(13-23-45-27-35-25-39-37-19-9-11-21-41(37)49(43(39)29-47-35)31-33-15-5-3-6-16-33)2-14-24-46-28-36-26-40-38-20-10-12-22-42(38)50(44(40)30-48-36)32-34-17-7-4-8-18-34;/h3-12,15-22,25-26,29-30,45-46H,1-2,13-14,23-24,27-28,31-32H2;1H. The predicted molar refractivity (Wildman–Crippen MR) is 215 cm³/mol. The number of pyridine rings is 2. The van der Waals surface area contributed by atoms with Gasteiger partial charge in [0.2, 0.25) is 0 Å². The number of unbranched alkanes of at least 4 members (excludes halogenated alkanes) is 3. The van der Waals surface area contributed by atoms with Gasteiger partial charge in [-0.3, -0.25) is 9.97 Å². The molecule has 0 radical (unpaired) electrons. The molecule has 0 amide bonds. The van der Waals surface area contributed by atoms with Crippen LogP contribution in [0.5, 0.6) is 0 Å². The van der Waals surface area contributed by atoms with E-state index in [1.54, 1.807) is 0 Å². The largest absolute Gasteiger partial charge is 0.335 e. The molecule has 4 heterocycles. The fourth-order valence-corrected chi connectivity index (χ4v) is 7.33. The highest BCUT2D eigenvalue weighted by Gasteiger charge is 2.13. The molecule has 0 saturated carbocycles. The lowest BCUT2D eigenvalue weighted by Gasteiger charge is -2.09. The van der Waals surface area contributed by atoms with Crippen LogP contribution in [-0.4, -0.2) is 32.2 Å². The van der Waals surface area contributed by atoms with Crippen molar-refractivity contribution in [1.29, 1.82) is 0 Å². The molecule has 4 aromatic carbocycles. The summed E-state index contributed by atoms with van der Waals surface area (Å²) in [4.78, 5) is 9.70. The van der Waals surface area contributed by atoms with Crippen LogP contribution in [0, 0.1) is 0 Å². The summed E-state index contributed by atoms with van der Waals surface area (Å²) >= 11 is 0. The van der Waals surface area contributed by atoms with Gasteiger partial charge in [-0.25, -0.2) is 0 Å². The van der Waals surface area contributed by atoms with Gasteiger partial charge in [-0.2, -0.15) is 0 Å². The predicted octanol–water partition coefficient (Wildman–Crippen LogP) is 9.65. The third-order valence-corrected chi connectivity index (χ3v) is 9.87. The summed E-state index contributed by atoms with van der Waals surface area (Å²) in [5, 5.41) is 12.4. The van der Waals surface area contributed by atoms with Gasteiger partial charge in [-0.15, -0.1) is 12.4 Å². The zero-order valence-electron chi connectivity index (χ0n) is 29.0. The number of aromatic nitrogens is 4. The van der Waals surface area contributed by atoms with E-state index in [1.165, 1.54) is 80.4 Å². The fourth-order valence-electron chi connectivity index (χ4n) is 7.33. The van der Waals surface area contributed by atoms with Gasteiger partial charge in [-0.1, -0.05) is 110 Å². The lowest BCUT2D eigenvalue weighted by atomic mass is 10.1. The molecule has 0 aliphatic carbocycles. The molecule has 0 spiro atoms. The second kappa shape index (κ2) is 16.3. The first-order chi connectivity index (χ1) is 24.8. The van der Waals surface area contributed by atoms with Gasteiger partial charge in [0, 0.05) is 58.8 Å². The van der Waals surface area contributed by atoms with Crippen molar-refractivity contribution in [2.75, 3.05) is 13.1 Å². The highest BCUT2D eigenvalue weighted by atomic mass is 35.5. The van der Waals surface area contributed by atoms with Crippen LogP contribution in [0.2, 0.25) is 0 Å². The number of nitrogens with one attached hydrogen (secondary N) is 2. The monoisotopic (exact) mass is 692 g/mol. The van der Waals surface area contributed by atoms with E-state index in [9.17, 15) is 0 Å². The van der Waals surface area contributed by atoms with Crippen molar-refractivity contribution < 1.29 is 0 Å². The summed E-state index contributed by atoms with van der Waals surface area (Å²) in [6, 6.07) is 43.3. The zero-order valence-corrected chi connectivity index (χ0v) is 29.8. The molecular formula is C44H45ClN6. The summed E-state index contributed by atoms with van der Waals surface area (Å²) in [7, 11) is 0. The molecule has 4 aromatic heterocycles. The molecular weight excluding hydrogens is 648 g/mol. The number of rotatable bonds is 15. The molecule has 0 atom stereocenters. The molecule has 0 fully saturated rings. The van der Waals surface area contributed by atoms with Crippen LogP contribution in [0.1, 0.15) is 48.2 Å². The third-order valence-electron chi connectivity index (χ3n) is 9.87. The van der Waals surface area contributed by atoms with Gasteiger partial charge in [0.15, 0.2) is 0 Å². The molecule has 8 rings (SSSR count). The number of benzene rings is 4. The van der Waals surface area contributed by atoms with E-state index in [0.717, 1.165) is 50.7 Å². The highest BCUT2D eigenvalue weighted by Crippen LogP contribution is 2.31. The maximum absolute atomic E-state index is 4.85. The molecule has 8 aromatic rings. The lowest BCUT2D eigenvalue weighted by molar-refractivity contribution is 0.559. The van der Waals surface area contributed by atoms with E-state index < -0.39 is 0 Å². The smallest absolute Gasteiger partial charge is 0.0681 e. The van der Waals surface area contributed by atoms with Gasteiger partial charge in [-0.05, 0) is 61.3 Å². The van der Waals surface area contributed by atoms with Crippen molar-refractivity contribution in [3.05, 3.63) is 156 Å². The van der Waals surface area contributed by atoms with Crippen molar-refractivity contribution >= 4 is 56.0 Å². The normalized spacial score (nSPS) is 11.5. The summed E-state index contributed by atoms with van der Waals surface area (Å²) in [5.74, 6) is 0. The number of hydrogen-bond acceptors (Lipinski definition) is 4. The molecule has 0 aliphatic heterocycles. The van der Waals surface area contributed by atoms with Crippen molar-refractivity contribution in [2.45, 2.75) is 51.9 Å². The average molecular weight is 693 g/mol. The van der Waals surface area contributed by atoms with E-state index >= 15 is 0 Å². The maximum atomic E-state index is 4.85. The van der Waals surface area contributed by atoms with E-state index in [1.807, 2.05) is 0 Å². The quantitative estimate of drug-likeness (QED) is 0.105. The Morgan fingerprint density at radius 2 is 0.843 bits per heavy atom. The first-order valence-electron chi connectivity index (χ1n) is 18.0. The topological polar surface area (TPSA) is 59.7 Å². The summed E-state index contributed by atoms with van der Waals surface area (Å²) in [6.07, 6.45) is 8.90. The molecule has 51 heavy (non-hydrogen) atoms. The van der Waals surface area contributed by atoms with Crippen molar-refractivity contribution in [1.82, 2.24) is 29.7 Å². The number of hydrogen-bond donors (Lipinski definition) is 2. The molecule has 0 aliphatic rings. The van der Waals surface area contributed by atoms with Gasteiger partial charge in [0.1, 0.15) is 0 Å². The van der Waals surface area contributed by atoms with Gasteiger partial charge in [0.25, 0.3) is 0 Å². The highest BCUT2D eigenvalue weighted by molar-refractivity contribution is 6.08. The molecule has 0 saturated heterocycles. The minimum absolute atomic E-state index is 0. The Kier molecular flexibility index (Phi) is 11.0. The Morgan fingerprint density at radius 3 is 1.29 bits per heavy atom. The number of para-hydroxylation sites is 2. The maximum Gasteiger partial charge on any atom is 0.0681 e. The van der Waals surface area contributed by atoms with Crippen molar-refractivity contribution in [2.24, 2.45) is 0 Å². The van der Waals surface area contributed by atoms with Crippen LogP contribution < -0.4 is 10.6 Å². The summed E-state index contributed by atoms with van der Waals surface area (Å²) in [5.41, 5.74) is 9.68. The Hall–Kier alpha value is -5.01. The molecule has 7 heteroatoms. The SMILES string of the molecule is Cl.c1ccc(Cn2c3ccccc3c3cc(CNCCCCCCNCc4cc5c6ccccc6n(Cc6ccccc6)c5cn4)ncc32)cc1. The van der Waals surface area contributed by atoms with E-state index in [2.05, 4.69) is 153 Å². The van der Waals surface area contributed by atoms with Crippen LogP contribution in [-0.2, 0) is 26.2 Å². The zero-order chi connectivity index (χ0) is 33.5. The van der Waals surface area contributed by atoms with Crippen molar-refractivity contribution in [3.63, 3.8) is 0 Å². The minimum atomic E-state index is 0. The van der Waals surface area contributed by atoms with E-state index in [-0.39, 0.29) is 12.4 Å². The third kappa shape index (κ3) is 7.69. The van der Waals surface area contributed by atoms with Gasteiger partial charge in [0.05, 0.1) is 34.8 Å². The van der Waals surface area contributed by atoms with Crippen LogP contribution in [0.4, 0.5) is 0 Å². The van der Waals surface area contributed by atoms with Crippen LogP contribution in [0.15, 0.2) is 134 Å². The summed E-state index contributed by atoms with van der Waals surface area (Å²) in [6.45, 7) is 5.27. The lowest BCUT2D eigenvalue weighted by Crippen LogP contribution is -2.16. The molecule has 0 bridgehead atoms. The second-order valence-corrected chi connectivity index (χ2v) is 13.3. The molecule has 258 valence electrons. The molecule has 6 nitrogen and oxygen atoms in total. The van der Waals surface area contributed by atoms with Crippen LogP contribution in [0.3, 0.4) is 0 Å². The average Bonchev–Trinajstić information content (AvgIpc) is 3.64. The molecule has 2 N–H and O–H groups in total. The minimum Gasteiger partial charge on any atom is -0.335 e. The number of fused-ring (bicyclic) bond motifs is 6. The second-order valence-electron chi connectivity index (χ2n) is 13.3. The van der Waals surface area contributed by atoms with Crippen LogP contribution >= 0.6 is 12.4 Å². The Morgan fingerprint density at radius 1 is 0.431 bits per heavy atom. The van der Waals surface area contributed by atoms with E-state index in [4.69, 9.17) is 9.97 Å². The number of halogens is 1. The first-order valence-corrected chi connectivity index (χ1v) is 18.0. The van der Waals surface area contributed by atoms with Crippen LogP contribution in [0.25, 0.3) is 43.6 Å². The van der Waals surface area contributed by atoms with Gasteiger partial charge < -0.3 is 19.8 Å². The van der Waals surface area contributed by atoms with E-state index in [0.29, 0.717) is 0 Å². The van der Waals surface area contributed by atoms with Crippen molar-refractivity contribution in [3.8, 4) is 0 Å². The first kappa shape index (κ1) is 34.4. The Labute approximate surface area is 306 Å². The Balaban J connectivity index is 0.00000406. The fraction of sp³-hybridized carbons (Fsp3) is 0.227. The Bertz CT molecular complexity index is 2180. The summed E-state index contributed by atoms with van der Waals surface area (Å²) < 4.78 is 4.78.